The molecule has 0 saturated heterocycles. The summed E-state index contributed by atoms with van der Waals surface area (Å²) in [5.74, 6) is 0.413. The average Bonchev–Trinajstić information content (AvgIpc) is 2.54. The van der Waals surface area contributed by atoms with Gasteiger partial charge in [0.2, 0.25) is 0 Å². The van der Waals surface area contributed by atoms with Gasteiger partial charge in [-0.1, -0.05) is 78.9 Å². The molecular formula is C19H17OP. The minimum Gasteiger partial charge on any atom is -0.507 e. The maximum atomic E-state index is 10.5. The first-order valence-corrected chi connectivity index (χ1v) is 8.30. The molecule has 1 nitrogen and oxygen atoms in total. The Morgan fingerprint density at radius 3 is 1.71 bits per heavy atom. The van der Waals surface area contributed by atoms with E-state index in [0.29, 0.717) is 5.75 Å². The first-order valence-electron chi connectivity index (χ1n) is 6.96. The molecule has 1 N–H and O–H groups in total. The van der Waals surface area contributed by atoms with Gasteiger partial charge in [0.1, 0.15) is 5.75 Å². The lowest BCUT2D eigenvalue weighted by Crippen LogP contribution is -2.21. The van der Waals surface area contributed by atoms with E-state index in [4.69, 9.17) is 0 Å². The lowest BCUT2D eigenvalue weighted by molar-refractivity contribution is 0.475. The largest absolute Gasteiger partial charge is 0.507 e. The highest BCUT2D eigenvalue weighted by Gasteiger charge is 2.19. The average molecular weight is 292 g/mol. The van der Waals surface area contributed by atoms with Gasteiger partial charge in [-0.2, -0.15) is 0 Å². The first-order chi connectivity index (χ1) is 10.3. The summed E-state index contributed by atoms with van der Waals surface area (Å²) in [4.78, 5) is 0. The lowest BCUT2D eigenvalue weighted by atomic mass is 10.2. The van der Waals surface area contributed by atoms with Crippen molar-refractivity contribution in [2.75, 3.05) is 0 Å². The molecule has 3 aromatic carbocycles. The molecule has 3 rings (SSSR count). The molecule has 0 atom stereocenters. The molecule has 0 bridgehead atoms. The molecule has 0 heterocycles. The van der Waals surface area contributed by atoms with Gasteiger partial charge >= 0.3 is 0 Å². The molecule has 2 heteroatoms. The lowest BCUT2D eigenvalue weighted by Gasteiger charge is -2.21. The van der Waals surface area contributed by atoms with Gasteiger partial charge in [0.15, 0.2) is 0 Å². The van der Waals surface area contributed by atoms with Crippen LogP contribution in [0.1, 0.15) is 5.56 Å². The summed E-state index contributed by atoms with van der Waals surface area (Å²) in [5.41, 5.74) is 0.923. The quantitative estimate of drug-likeness (QED) is 0.733. The zero-order chi connectivity index (χ0) is 14.7. The summed E-state index contributed by atoms with van der Waals surface area (Å²) in [6.07, 6.45) is 0. The third-order valence-corrected chi connectivity index (χ3v) is 5.96. The maximum Gasteiger partial charge on any atom is 0.126 e. The van der Waals surface area contributed by atoms with Crippen molar-refractivity contribution in [3.8, 4) is 5.75 Å². The van der Waals surface area contributed by atoms with Crippen LogP contribution >= 0.6 is 7.92 Å². The standard InChI is InChI=1S/C19H17OP/c1-15-9-8-14-18(19(15)20)21(16-10-4-2-5-11-16)17-12-6-3-7-13-17/h2-14,20H,1H3. The summed E-state index contributed by atoms with van der Waals surface area (Å²) in [6.45, 7) is 1.95. The summed E-state index contributed by atoms with van der Waals surface area (Å²) in [7, 11) is -0.733. The Labute approximate surface area is 126 Å². The minimum atomic E-state index is -0.733. The van der Waals surface area contributed by atoms with Crippen LogP contribution in [0, 0.1) is 6.92 Å². The summed E-state index contributed by atoms with van der Waals surface area (Å²) in [6, 6.07) is 26.8. The van der Waals surface area contributed by atoms with Crippen molar-refractivity contribution in [1.82, 2.24) is 0 Å². The molecule has 0 aliphatic rings. The fraction of sp³-hybridized carbons (Fsp3) is 0.0526. The van der Waals surface area contributed by atoms with Crippen LogP contribution in [0.25, 0.3) is 0 Å². The number of phenols is 1. The van der Waals surface area contributed by atoms with Crippen LogP contribution < -0.4 is 15.9 Å². The van der Waals surface area contributed by atoms with E-state index in [0.717, 1.165) is 10.9 Å². The monoisotopic (exact) mass is 292 g/mol. The van der Waals surface area contributed by atoms with Crippen LogP contribution in [0.3, 0.4) is 0 Å². The second-order valence-corrected chi connectivity index (χ2v) is 7.13. The Balaban J connectivity index is 2.20. The summed E-state index contributed by atoms with van der Waals surface area (Å²) >= 11 is 0. The molecule has 0 amide bonds. The molecule has 104 valence electrons. The van der Waals surface area contributed by atoms with Crippen LogP contribution in [-0.4, -0.2) is 5.11 Å². The van der Waals surface area contributed by atoms with Gasteiger partial charge in [-0.05, 0) is 31.0 Å². The number of rotatable bonds is 3. The van der Waals surface area contributed by atoms with Crippen LogP contribution in [0.5, 0.6) is 5.75 Å². The van der Waals surface area contributed by atoms with Crippen molar-refractivity contribution in [2.45, 2.75) is 6.92 Å². The Bertz CT molecular complexity index is 684. The number of benzene rings is 3. The number of para-hydroxylation sites is 1. The van der Waals surface area contributed by atoms with Crippen LogP contribution in [0.4, 0.5) is 0 Å². The second kappa shape index (κ2) is 6.11. The molecule has 0 aliphatic heterocycles. The Morgan fingerprint density at radius 2 is 1.19 bits per heavy atom. The molecule has 0 fully saturated rings. The molecule has 21 heavy (non-hydrogen) atoms. The van der Waals surface area contributed by atoms with Gasteiger partial charge < -0.3 is 5.11 Å². The van der Waals surface area contributed by atoms with Crippen LogP contribution in [0.2, 0.25) is 0 Å². The van der Waals surface area contributed by atoms with Crippen molar-refractivity contribution in [3.05, 3.63) is 84.4 Å². The van der Waals surface area contributed by atoms with Crippen molar-refractivity contribution in [1.29, 1.82) is 0 Å². The van der Waals surface area contributed by atoms with Gasteiger partial charge in [0.25, 0.3) is 0 Å². The first kappa shape index (κ1) is 13.9. The van der Waals surface area contributed by atoms with Gasteiger partial charge in [0.05, 0.1) is 0 Å². The van der Waals surface area contributed by atoms with Crippen molar-refractivity contribution < 1.29 is 5.11 Å². The smallest absolute Gasteiger partial charge is 0.126 e. The molecule has 3 aromatic rings. The summed E-state index contributed by atoms with van der Waals surface area (Å²) in [5, 5.41) is 14.0. The molecule has 0 spiro atoms. The topological polar surface area (TPSA) is 20.2 Å². The third-order valence-electron chi connectivity index (χ3n) is 3.49. The second-order valence-electron chi connectivity index (χ2n) is 4.95. The molecular weight excluding hydrogens is 275 g/mol. The number of hydrogen-bond donors (Lipinski definition) is 1. The van der Waals surface area contributed by atoms with Gasteiger partial charge in [-0.3, -0.25) is 0 Å². The fourth-order valence-electron chi connectivity index (χ4n) is 2.41. The van der Waals surface area contributed by atoms with Gasteiger partial charge in [-0.25, -0.2) is 0 Å². The number of aryl methyl sites for hydroxylation is 1. The van der Waals surface area contributed by atoms with Gasteiger partial charge in [0, 0.05) is 5.30 Å². The van der Waals surface area contributed by atoms with E-state index in [9.17, 15) is 5.11 Å². The fourth-order valence-corrected chi connectivity index (χ4v) is 4.82. The van der Waals surface area contributed by atoms with E-state index in [1.165, 1.54) is 10.6 Å². The Morgan fingerprint density at radius 1 is 0.667 bits per heavy atom. The van der Waals surface area contributed by atoms with E-state index in [1.54, 1.807) is 0 Å². The highest BCUT2D eigenvalue weighted by Crippen LogP contribution is 2.36. The zero-order valence-electron chi connectivity index (χ0n) is 11.9. The van der Waals surface area contributed by atoms with Crippen LogP contribution in [0.15, 0.2) is 78.9 Å². The van der Waals surface area contributed by atoms with Gasteiger partial charge in [-0.15, -0.1) is 0 Å². The predicted molar refractivity (Wildman–Crippen MR) is 91.5 cm³/mol. The number of hydrogen-bond acceptors (Lipinski definition) is 1. The number of aromatic hydroxyl groups is 1. The minimum absolute atomic E-state index is 0.413. The number of phenolic OH excluding ortho intramolecular Hbond substituents is 1. The van der Waals surface area contributed by atoms with Crippen molar-refractivity contribution >= 4 is 23.8 Å². The summed E-state index contributed by atoms with van der Waals surface area (Å²) < 4.78 is 0. The van der Waals surface area contributed by atoms with E-state index in [1.807, 2.05) is 37.3 Å². The highest BCUT2D eigenvalue weighted by molar-refractivity contribution is 7.80. The highest BCUT2D eigenvalue weighted by atomic mass is 31.1. The predicted octanol–water partition coefficient (Wildman–Crippen LogP) is 3.46. The van der Waals surface area contributed by atoms with Crippen molar-refractivity contribution in [3.63, 3.8) is 0 Å². The molecule has 0 unspecified atom stereocenters. The van der Waals surface area contributed by atoms with Crippen LogP contribution in [-0.2, 0) is 0 Å². The van der Waals surface area contributed by atoms with E-state index in [-0.39, 0.29) is 0 Å². The Hall–Kier alpha value is -2.11. The van der Waals surface area contributed by atoms with E-state index >= 15 is 0 Å². The SMILES string of the molecule is Cc1cccc(P(c2ccccc2)c2ccccc2)c1O. The zero-order valence-corrected chi connectivity index (χ0v) is 12.8. The maximum absolute atomic E-state index is 10.5. The third kappa shape index (κ3) is 2.84. The van der Waals surface area contributed by atoms with Crippen molar-refractivity contribution in [2.24, 2.45) is 0 Å². The molecule has 0 saturated carbocycles. The Kier molecular flexibility index (Phi) is 4.03. The molecule has 0 aliphatic carbocycles. The van der Waals surface area contributed by atoms with E-state index < -0.39 is 7.92 Å². The van der Waals surface area contributed by atoms with E-state index in [2.05, 4.69) is 48.5 Å². The molecule has 0 aromatic heterocycles. The molecule has 0 radical (unpaired) electrons. The normalized spacial score (nSPS) is 10.8.